The van der Waals surface area contributed by atoms with Crippen molar-refractivity contribution < 1.29 is 18.7 Å². The molecule has 1 aliphatic carbocycles. The quantitative estimate of drug-likeness (QED) is 0.521. The number of aromatic nitrogens is 1. The lowest BCUT2D eigenvalue weighted by molar-refractivity contribution is -0.151. The normalized spacial score (nSPS) is 19.2. The summed E-state index contributed by atoms with van der Waals surface area (Å²) in [5, 5.41) is 3.76. The number of rotatable bonds is 8. The fraction of sp³-hybridized carbons (Fsp3) is 0.615. The van der Waals surface area contributed by atoms with Gasteiger partial charge in [0.1, 0.15) is 11.9 Å². The third-order valence-corrected chi connectivity index (χ3v) is 6.76. The second-order valence-electron chi connectivity index (χ2n) is 10.2. The molecule has 0 radical (unpaired) electrons. The lowest BCUT2D eigenvalue weighted by atomic mass is 9.72. The smallest absolute Gasteiger partial charge is 0.306 e. The Bertz CT molecular complexity index is 936. The van der Waals surface area contributed by atoms with Crippen LogP contribution >= 0.6 is 0 Å². The van der Waals surface area contributed by atoms with Gasteiger partial charge >= 0.3 is 5.97 Å². The monoisotopic (exact) mass is 444 g/mol. The molecule has 2 aromatic rings. The molecule has 6 heteroatoms. The van der Waals surface area contributed by atoms with E-state index in [-0.39, 0.29) is 30.2 Å². The van der Waals surface area contributed by atoms with Crippen molar-refractivity contribution in [2.45, 2.75) is 85.2 Å². The van der Waals surface area contributed by atoms with Gasteiger partial charge in [-0.3, -0.25) is 9.59 Å². The molecule has 0 saturated heterocycles. The molecule has 0 spiro atoms. The van der Waals surface area contributed by atoms with Gasteiger partial charge in [-0.05, 0) is 80.5 Å². The minimum Gasteiger partial charge on any atom is -0.462 e. The van der Waals surface area contributed by atoms with Crippen molar-refractivity contribution in [2.24, 2.45) is 11.3 Å². The summed E-state index contributed by atoms with van der Waals surface area (Å²) in [5.74, 6) is 0.143. The van der Waals surface area contributed by atoms with Gasteiger partial charge in [0.25, 0.3) is 0 Å². The number of amides is 1. The second kappa shape index (κ2) is 10.5. The molecule has 1 aliphatic rings. The van der Waals surface area contributed by atoms with Gasteiger partial charge in [0.05, 0.1) is 0 Å². The summed E-state index contributed by atoms with van der Waals surface area (Å²) < 4.78 is 19.2. The van der Waals surface area contributed by atoms with Crippen LogP contribution in [-0.2, 0) is 20.7 Å². The number of hydrogen-bond acceptors (Lipinski definition) is 3. The zero-order chi connectivity index (χ0) is 23.3. The molecule has 32 heavy (non-hydrogen) atoms. The first kappa shape index (κ1) is 24.3. The van der Waals surface area contributed by atoms with E-state index in [4.69, 9.17) is 4.74 Å². The van der Waals surface area contributed by atoms with E-state index in [2.05, 4.69) is 31.1 Å². The van der Waals surface area contributed by atoms with Crippen molar-refractivity contribution in [3.63, 3.8) is 0 Å². The molecule has 0 aliphatic heterocycles. The van der Waals surface area contributed by atoms with E-state index < -0.39 is 0 Å². The lowest BCUT2D eigenvalue weighted by Gasteiger charge is -2.36. The highest BCUT2D eigenvalue weighted by Gasteiger charge is 2.31. The maximum atomic E-state index is 13.6. The molecule has 1 saturated carbocycles. The van der Waals surface area contributed by atoms with Crippen LogP contribution < -0.4 is 5.32 Å². The first-order valence-electron chi connectivity index (χ1n) is 11.9. The first-order valence-corrected chi connectivity index (χ1v) is 11.9. The van der Waals surface area contributed by atoms with Crippen molar-refractivity contribution in [2.75, 3.05) is 6.54 Å². The van der Waals surface area contributed by atoms with E-state index in [0.29, 0.717) is 37.1 Å². The number of H-pyrrole nitrogens is 1. The minimum absolute atomic E-state index is 0.0270. The van der Waals surface area contributed by atoms with E-state index in [0.717, 1.165) is 47.8 Å². The molecule has 1 heterocycles. The fourth-order valence-corrected chi connectivity index (χ4v) is 4.78. The molecular formula is C26H37FN2O3. The standard InChI is InChI=1S/C26H37FN2O3/c1-17-21(22-16-19(27)10-13-23(22)29-17)14-15-28-24(30)6-5-7-25(31)32-20-11-8-18(9-12-20)26(2,3)4/h10,13,16,18,20,29H,5-9,11-12,14-15H2,1-4H3,(H,28,30). The van der Waals surface area contributed by atoms with Crippen LogP contribution in [0.25, 0.3) is 10.9 Å². The van der Waals surface area contributed by atoms with Gasteiger partial charge in [-0.2, -0.15) is 0 Å². The molecule has 0 unspecified atom stereocenters. The number of esters is 1. The zero-order valence-corrected chi connectivity index (χ0v) is 19.9. The van der Waals surface area contributed by atoms with Crippen molar-refractivity contribution in [1.82, 2.24) is 10.3 Å². The Hall–Kier alpha value is -2.37. The molecule has 176 valence electrons. The van der Waals surface area contributed by atoms with Crippen LogP contribution in [0.15, 0.2) is 18.2 Å². The lowest BCUT2D eigenvalue weighted by Crippen LogP contribution is -2.30. The summed E-state index contributed by atoms with van der Waals surface area (Å²) in [4.78, 5) is 27.5. The molecule has 1 aromatic heterocycles. The summed E-state index contributed by atoms with van der Waals surface area (Å²) in [6, 6.07) is 4.69. The van der Waals surface area contributed by atoms with Crippen LogP contribution in [-0.4, -0.2) is 29.5 Å². The topological polar surface area (TPSA) is 71.2 Å². The SMILES string of the molecule is Cc1[nH]c2ccc(F)cc2c1CCNC(=O)CCCC(=O)OC1CCC(C(C)(C)C)CC1. The third kappa shape index (κ3) is 6.57. The Morgan fingerprint density at radius 3 is 2.56 bits per heavy atom. The Labute approximate surface area is 190 Å². The summed E-state index contributed by atoms with van der Waals surface area (Å²) in [6.07, 6.45) is 5.79. The number of halogens is 1. The van der Waals surface area contributed by atoms with Gasteiger partial charge in [-0.15, -0.1) is 0 Å². The summed E-state index contributed by atoms with van der Waals surface area (Å²) in [6.45, 7) is 9.25. The summed E-state index contributed by atoms with van der Waals surface area (Å²) in [7, 11) is 0. The van der Waals surface area contributed by atoms with E-state index >= 15 is 0 Å². The van der Waals surface area contributed by atoms with E-state index in [1.807, 2.05) is 6.92 Å². The second-order valence-corrected chi connectivity index (χ2v) is 10.2. The summed E-state index contributed by atoms with van der Waals surface area (Å²) >= 11 is 0. The molecule has 5 nitrogen and oxygen atoms in total. The highest BCUT2D eigenvalue weighted by atomic mass is 19.1. The largest absolute Gasteiger partial charge is 0.462 e. The van der Waals surface area contributed by atoms with Crippen LogP contribution in [0.3, 0.4) is 0 Å². The molecule has 2 N–H and O–H groups in total. The molecule has 0 atom stereocenters. The number of hydrogen-bond donors (Lipinski definition) is 2. The molecule has 1 fully saturated rings. The van der Waals surface area contributed by atoms with E-state index in [1.165, 1.54) is 12.1 Å². The number of carbonyl (C=O) groups excluding carboxylic acids is 2. The Kier molecular flexibility index (Phi) is 7.96. The molecule has 3 rings (SSSR count). The summed E-state index contributed by atoms with van der Waals surface area (Å²) in [5.41, 5.74) is 3.21. The predicted octanol–water partition coefficient (Wildman–Crippen LogP) is 5.59. The number of fused-ring (bicyclic) bond motifs is 1. The molecular weight excluding hydrogens is 407 g/mol. The number of carbonyl (C=O) groups is 2. The van der Waals surface area contributed by atoms with Gasteiger partial charge < -0.3 is 15.0 Å². The van der Waals surface area contributed by atoms with E-state index in [1.54, 1.807) is 6.07 Å². The Morgan fingerprint density at radius 1 is 1.16 bits per heavy atom. The average Bonchev–Trinajstić information content (AvgIpc) is 3.02. The highest BCUT2D eigenvalue weighted by molar-refractivity contribution is 5.84. The van der Waals surface area contributed by atoms with Crippen LogP contribution in [0.5, 0.6) is 0 Å². The predicted molar refractivity (Wildman–Crippen MR) is 125 cm³/mol. The fourth-order valence-electron chi connectivity index (χ4n) is 4.78. The van der Waals surface area contributed by atoms with Crippen LogP contribution in [0.2, 0.25) is 0 Å². The van der Waals surface area contributed by atoms with Gasteiger partial charge in [-0.1, -0.05) is 20.8 Å². The highest BCUT2D eigenvalue weighted by Crippen LogP contribution is 2.38. The number of aryl methyl sites for hydroxylation is 1. The van der Waals surface area contributed by atoms with Crippen LogP contribution in [0.4, 0.5) is 4.39 Å². The first-order chi connectivity index (χ1) is 15.1. The van der Waals surface area contributed by atoms with Gasteiger partial charge in [0.2, 0.25) is 5.91 Å². The van der Waals surface area contributed by atoms with Crippen LogP contribution in [0, 0.1) is 24.1 Å². The average molecular weight is 445 g/mol. The zero-order valence-electron chi connectivity index (χ0n) is 19.9. The number of ether oxygens (including phenoxy) is 1. The van der Waals surface area contributed by atoms with Crippen molar-refractivity contribution in [1.29, 1.82) is 0 Å². The maximum absolute atomic E-state index is 13.6. The van der Waals surface area contributed by atoms with Crippen molar-refractivity contribution in [3.8, 4) is 0 Å². The minimum atomic E-state index is -0.268. The molecule has 1 aromatic carbocycles. The number of nitrogens with one attached hydrogen (secondary N) is 2. The van der Waals surface area contributed by atoms with Crippen molar-refractivity contribution >= 4 is 22.8 Å². The van der Waals surface area contributed by atoms with Crippen LogP contribution in [0.1, 0.15) is 77.0 Å². The number of benzene rings is 1. The maximum Gasteiger partial charge on any atom is 0.306 e. The Morgan fingerprint density at radius 2 is 1.88 bits per heavy atom. The van der Waals surface area contributed by atoms with E-state index in [9.17, 15) is 14.0 Å². The van der Waals surface area contributed by atoms with Gasteiger partial charge in [0.15, 0.2) is 0 Å². The molecule has 1 amide bonds. The van der Waals surface area contributed by atoms with Gasteiger partial charge in [-0.25, -0.2) is 4.39 Å². The third-order valence-electron chi connectivity index (χ3n) is 6.76. The molecule has 0 bridgehead atoms. The number of aromatic amines is 1. The Balaban J connectivity index is 1.32. The van der Waals surface area contributed by atoms with Gasteiger partial charge in [0, 0.05) is 36.0 Å². The van der Waals surface area contributed by atoms with Crippen molar-refractivity contribution in [3.05, 3.63) is 35.3 Å².